The van der Waals surface area contributed by atoms with Gasteiger partial charge in [0.2, 0.25) is 5.78 Å². The van der Waals surface area contributed by atoms with Gasteiger partial charge in [-0.2, -0.15) is 4.98 Å². The van der Waals surface area contributed by atoms with Crippen LogP contribution in [0.15, 0.2) is 15.7 Å². The number of Topliss-reactive ketones (excluding diaryl/α,β-unsaturated/α-hetero) is 1. The second-order valence-corrected chi connectivity index (χ2v) is 6.15. The maximum Gasteiger partial charge on any atom is 0.378 e. The Morgan fingerprint density at radius 3 is 2.50 bits per heavy atom. The first-order valence-corrected chi connectivity index (χ1v) is 8.08. The molecule has 2 N–H and O–H groups in total. The van der Waals surface area contributed by atoms with Gasteiger partial charge in [-0.05, 0) is 19.9 Å². The fourth-order valence-electron chi connectivity index (χ4n) is 2.64. The molecule has 0 aliphatic carbocycles. The van der Waals surface area contributed by atoms with E-state index in [1.165, 1.54) is 18.6 Å². The van der Waals surface area contributed by atoms with Crippen molar-refractivity contribution in [3.8, 4) is 0 Å². The maximum atomic E-state index is 12.4. The van der Waals surface area contributed by atoms with Crippen LogP contribution in [0.3, 0.4) is 0 Å². The highest BCUT2D eigenvalue weighted by atomic mass is 16.5. The number of ether oxygens (including phenoxy) is 1. The van der Waals surface area contributed by atoms with Crippen LogP contribution in [-0.2, 0) is 18.8 Å². The van der Waals surface area contributed by atoms with Crippen LogP contribution in [0.25, 0.3) is 5.78 Å². The first-order valence-electron chi connectivity index (χ1n) is 8.08. The molecule has 0 aliphatic heterocycles. The number of aryl methyl sites for hydroxylation is 2. The van der Waals surface area contributed by atoms with Gasteiger partial charge in [0.25, 0.3) is 17.2 Å². The number of hydrogen-bond acceptors (Lipinski definition) is 9. The quantitative estimate of drug-likeness (QED) is 0.427. The summed E-state index contributed by atoms with van der Waals surface area (Å²) in [6.45, 7) is 2.78. The summed E-state index contributed by atoms with van der Waals surface area (Å²) in [7, 11) is 2.53. The van der Waals surface area contributed by atoms with E-state index < -0.39 is 35.2 Å². The number of aromatic nitrogens is 6. The molecule has 12 nitrogen and oxygen atoms in total. The predicted molar refractivity (Wildman–Crippen MR) is 96.2 cm³/mol. The number of nitrogen functional groups attached to an aromatic ring is 1. The van der Waals surface area contributed by atoms with E-state index in [2.05, 4.69) is 15.1 Å². The third-order valence-corrected chi connectivity index (χ3v) is 4.12. The number of anilines is 1. The van der Waals surface area contributed by atoms with Gasteiger partial charge in [-0.25, -0.2) is 19.1 Å². The van der Waals surface area contributed by atoms with Crippen LogP contribution in [0.1, 0.15) is 32.4 Å². The minimum Gasteiger partial charge on any atom is -0.451 e. The van der Waals surface area contributed by atoms with Gasteiger partial charge in [-0.3, -0.25) is 18.7 Å². The lowest BCUT2D eigenvalue weighted by Gasteiger charge is -2.10. The van der Waals surface area contributed by atoms with Crippen molar-refractivity contribution < 1.29 is 14.3 Å². The van der Waals surface area contributed by atoms with Gasteiger partial charge >= 0.3 is 11.7 Å². The molecule has 0 saturated heterocycles. The molecule has 12 heteroatoms. The Morgan fingerprint density at radius 2 is 1.82 bits per heavy atom. The van der Waals surface area contributed by atoms with Gasteiger partial charge in [-0.15, -0.1) is 5.10 Å². The molecule has 0 spiro atoms. The molecule has 0 aliphatic rings. The Hall–Kier alpha value is -3.83. The highest BCUT2D eigenvalue weighted by molar-refractivity contribution is 6.01. The minimum atomic E-state index is -0.962. The summed E-state index contributed by atoms with van der Waals surface area (Å²) in [6.07, 6.45) is 0. The summed E-state index contributed by atoms with van der Waals surface area (Å²) in [4.78, 5) is 56.7. The molecule has 0 saturated carbocycles. The molecule has 3 rings (SSSR count). The Balaban J connectivity index is 1.84. The number of nitrogens with two attached hydrogens (primary N) is 1. The minimum absolute atomic E-state index is 0.215. The second kappa shape index (κ2) is 6.72. The summed E-state index contributed by atoms with van der Waals surface area (Å²) in [5.74, 6) is -2.19. The van der Waals surface area contributed by atoms with Crippen molar-refractivity contribution in [2.24, 2.45) is 14.1 Å². The van der Waals surface area contributed by atoms with E-state index in [9.17, 15) is 19.2 Å². The molecule has 0 atom stereocenters. The van der Waals surface area contributed by atoms with E-state index in [1.807, 2.05) is 0 Å². The zero-order chi connectivity index (χ0) is 20.7. The highest BCUT2D eigenvalue weighted by Crippen LogP contribution is 2.08. The van der Waals surface area contributed by atoms with Crippen molar-refractivity contribution in [2.75, 3.05) is 12.3 Å². The Kier molecular flexibility index (Phi) is 4.55. The molecule has 3 heterocycles. The van der Waals surface area contributed by atoms with Crippen molar-refractivity contribution in [2.45, 2.75) is 13.8 Å². The number of nitrogens with zero attached hydrogens (tertiary/aromatic N) is 6. The number of carbonyl (C=O) groups is 2. The summed E-state index contributed by atoms with van der Waals surface area (Å²) in [5.41, 5.74) is 5.14. The molecule has 0 bridgehead atoms. The molecule has 0 radical (unpaired) electrons. The van der Waals surface area contributed by atoms with E-state index in [4.69, 9.17) is 10.5 Å². The SMILES string of the molecule is Cc1cc(C)n2nc(C(=O)OCC(=O)c3c(N)n(C)c(=O)n(C)c3=O)nc2n1. The fourth-order valence-corrected chi connectivity index (χ4v) is 2.64. The normalized spacial score (nSPS) is 11.0. The Morgan fingerprint density at radius 1 is 1.14 bits per heavy atom. The third-order valence-electron chi connectivity index (χ3n) is 4.12. The molecule has 3 aromatic rings. The number of fused-ring (bicyclic) bond motifs is 1. The van der Waals surface area contributed by atoms with Crippen molar-refractivity contribution in [1.29, 1.82) is 0 Å². The molecule has 28 heavy (non-hydrogen) atoms. The molecule has 0 aromatic carbocycles. The summed E-state index contributed by atoms with van der Waals surface area (Å²) in [6, 6.07) is 1.76. The molecule has 0 amide bonds. The third kappa shape index (κ3) is 3.04. The maximum absolute atomic E-state index is 12.4. The van der Waals surface area contributed by atoms with E-state index in [0.29, 0.717) is 11.4 Å². The number of hydrogen-bond donors (Lipinski definition) is 1. The van der Waals surface area contributed by atoms with Crippen LogP contribution < -0.4 is 17.0 Å². The molecular formula is C16H17N7O5. The van der Waals surface area contributed by atoms with E-state index in [-0.39, 0.29) is 17.4 Å². The smallest absolute Gasteiger partial charge is 0.378 e. The number of ketones is 1. The number of rotatable bonds is 4. The van der Waals surface area contributed by atoms with Gasteiger partial charge in [0, 0.05) is 25.5 Å². The first-order chi connectivity index (χ1) is 13.1. The first kappa shape index (κ1) is 18.9. The van der Waals surface area contributed by atoms with Crippen LogP contribution >= 0.6 is 0 Å². The summed E-state index contributed by atoms with van der Waals surface area (Å²) in [5, 5.41) is 4.00. The average molecular weight is 387 g/mol. The van der Waals surface area contributed by atoms with Crippen LogP contribution in [-0.4, -0.2) is 47.1 Å². The number of carbonyl (C=O) groups excluding carboxylic acids is 2. The lowest BCUT2D eigenvalue weighted by atomic mass is 10.2. The summed E-state index contributed by atoms with van der Waals surface area (Å²) >= 11 is 0. The van der Waals surface area contributed by atoms with Crippen LogP contribution in [0, 0.1) is 13.8 Å². The van der Waals surface area contributed by atoms with Gasteiger partial charge in [-0.1, -0.05) is 0 Å². The lowest BCUT2D eigenvalue weighted by molar-refractivity contribution is 0.0462. The fraction of sp³-hybridized carbons (Fsp3) is 0.312. The van der Waals surface area contributed by atoms with Crippen molar-refractivity contribution in [3.05, 3.63) is 49.7 Å². The van der Waals surface area contributed by atoms with Crippen LogP contribution in [0.5, 0.6) is 0 Å². The molecule has 146 valence electrons. The standard InChI is InChI=1S/C16H17N7O5/c1-7-5-8(2)23-15(18-7)19-12(20-23)14(26)28-6-9(24)10-11(17)21(3)16(27)22(4)13(10)25/h5H,6,17H2,1-4H3. The highest BCUT2D eigenvalue weighted by Gasteiger charge is 2.23. The van der Waals surface area contributed by atoms with Gasteiger partial charge in [0.15, 0.2) is 6.61 Å². The van der Waals surface area contributed by atoms with Crippen LogP contribution in [0.2, 0.25) is 0 Å². The van der Waals surface area contributed by atoms with Gasteiger partial charge in [0.1, 0.15) is 11.4 Å². The van der Waals surface area contributed by atoms with Crippen molar-refractivity contribution in [3.63, 3.8) is 0 Å². The molecule has 0 fully saturated rings. The second-order valence-electron chi connectivity index (χ2n) is 6.15. The van der Waals surface area contributed by atoms with Gasteiger partial charge in [0.05, 0.1) is 0 Å². The van der Waals surface area contributed by atoms with E-state index in [0.717, 1.165) is 9.13 Å². The zero-order valence-electron chi connectivity index (χ0n) is 15.6. The monoisotopic (exact) mass is 387 g/mol. The van der Waals surface area contributed by atoms with Crippen molar-refractivity contribution in [1.82, 2.24) is 28.7 Å². The number of esters is 1. The topological polar surface area (TPSA) is 156 Å². The Bertz CT molecular complexity index is 1250. The molecular weight excluding hydrogens is 370 g/mol. The van der Waals surface area contributed by atoms with Crippen molar-refractivity contribution >= 4 is 23.3 Å². The van der Waals surface area contributed by atoms with Gasteiger partial charge < -0.3 is 10.5 Å². The predicted octanol–water partition coefficient (Wildman–Crippen LogP) is -1.24. The van der Waals surface area contributed by atoms with Crippen LogP contribution in [0.4, 0.5) is 5.82 Å². The summed E-state index contributed by atoms with van der Waals surface area (Å²) < 4.78 is 7.98. The van der Waals surface area contributed by atoms with E-state index >= 15 is 0 Å². The lowest BCUT2D eigenvalue weighted by Crippen LogP contribution is -2.42. The Labute approximate surface area is 157 Å². The molecule has 0 unspecified atom stereocenters. The largest absolute Gasteiger partial charge is 0.451 e. The molecule has 3 aromatic heterocycles. The van der Waals surface area contributed by atoms with E-state index in [1.54, 1.807) is 19.9 Å². The zero-order valence-corrected chi connectivity index (χ0v) is 15.6. The average Bonchev–Trinajstić information content (AvgIpc) is 3.07.